The molecule has 2 saturated heterocycles. The Kier molecular flexibility index (Phi) is 8.34. The lowest BCUT2D eigenvalue weighted by molar-refractivity contribution is -0.121. The zero-order valence-corrected chi connectivity index (χ0v) is 21.6. The molecule has 8 heteroatoms. The molecule has 0 aromatic heterocycles. The van der Waals surface area contributed by atoms with Crippen LogP contribution in [0.1, 0.15) is 62.6 Å². The van der Waals surface area contributed by atoms with Gasteiger partial charge < -0.3 is 15.0 Å². The summed E-state index contributed by atoms with van der Waals surface area (Å²) >= 11 is 0. The molecule has 1 amide bonds. The number of methoxy groups -OCH3 is 1. The van der Waals surface area contributed by atoms with Crippen molar-refractivity contribution in [2.24, 2.45) is 0 Å². The summed E-state index contributed by atoms with van der Waals surface area (Å²) in [6.07, 6.45) is 6.22. The minimum absolute atomic E-state index is 0.0764. The maximum absolute atomic E-state index is 13.0. The van der Waals surface area contributed by atoms with E-state index in [1.54, 1.807) is 25.3 Å². The number of nitrogens with one attached hydrogen (secondary N) is 1. The Morgan fingerprint density at radius 3 is 2.29 bits per heavy atom. The highest BCUT2D eigenvalue weighted by Gasteiger charge is 2.28. The first-order valence-electron chi connectivity index (χ1n) is 12.7. The van der Waals surface area contributed by atoms with Crippen LogP contribution in [0, 0.1) is 0 Å². The van der Waals surface area contributed by atoms with Crippen LogP contribution in [-0.2, 0) is 21.2 Å². The molecule has 0 spiro atoms. The highest BCUT2D eigenvalue weighted by Crippen LogP contribution is 2.28. The van der Waals surface area contributed by atoms with Gasteiger partial charge in [-0.1, -0.05) is 12.1 Å². The molecule has 2 aromatic rings. The van der Waals surface area contributed by atoms with Crippen molar-refractivity contribution >= 4 is 21.6 Å². The summed E-state index contributed by atoms with van der Waals surface area (Å²) in [5.74, 6) is 0.520. The Hall–Kier alpha value is -2.58. The Morgan fingerprint density at radius 2 is 1.63 bits per heavy atom. The Morgan fingerprint density at radius 1 is 0.971 bits per heavy atom. The van der Waals surface area contributed by atoms with Gasteiger partial charge in [-0.25, -0.2) is 8.42 Å². The topological polar surface area (TPSA) is 79.0 Å². The van der Waals surface area contributed by atoms with Crippen LogP contribution in [0.25, 0.3) is 0 Å². The smallest absolute Gasteiger partial charge is 0.243 e. The molecule has 7 nitrogen and oxygen atoms in total. The molecule has 2 aromatic carbocycles. The van der Waals surface area contributed by atoms with Gasteiger partial charge in [-0.15, -0.1) is 0 Å². The first-order chi connectivity index (χ1) is 16.9. The monoisotopic (exact) mass is 499 g/mol. The van der Waals surface area contributed by atoms with Crippen molar-refractivity contribution in [2.75, 3.05) is 38.2 Å². The number of hydrogen-bond donors (Lipinski definition) is 1. The molecular weight excluding hydrogens is 462 g/mol. The molecule has 2 aliphatic heterocycles. The average molecular weight is 500 g/mol. The number of anilines is 1. The molecule has 0 aliphatic carbocycles. The number of nitrogens with zero attached hydrogens (tertiary/aromatic N) is 2. The zero-order chi connectivity index (χ0) is 24.8. The van der Waals surface area contributed by atoms with Crippen molar-refractivity contribution in [3.63, 3.8) is 0 Å². The van der Waals surface area contributed by atoms with Gasteiger partial charge in [0.2, 0.25) is 15.9 Å². The largest absolute Gasteiger partial charge is 0.496 e. The molecule has 1 atom stereocenters. The average Bonchev–Trinajstić information content (AvgIpc) is 3.44. The van der Waals surface area contributed by atoms with E-state index in [9.17, 15) is 13.2 Å². The maximum Gasteiger partial charge on any atom is 0.243 e. The highest BCUT2D eigenvalue weighted by atomic mass is 32.2. The van der Waals surface area contributed by atoms with Gasteiger partial charge in [-0.2, -0.15) is 4.31 Å². The van der Waals surface area contributed by atoms with Crippen molar-refractivity contribution in [1.29, 1.82) is 0 Å². The summed E-state index contributed by atoms with van der Waals surface area (Å²) in [4.78, 5) is 15.4. The van der Waals surface area contributed by atoms with Crippen LogP contribution in [0.3, 0.4) is 0 Å². The molecule has 0 radical (unpaired) electrons. The quantitative estimate of drug-likeness (QED) is 0.557. The van der Waals surface area contributed by atoms with Crippen molar-refractivity contribution in [2.45, 2.75) is 62.8 Å². The van der Waals surface area contributed by atoms with Crippen LogP contribution in [0.5, 0.6) is 5.75 Å². The third-order valence-electron chi connectivity index (χ3n) is 7.07. The molecule has 35 heavy (non-hydrogen) atoms. The van der Waals surface area contributed by atoms with Gasteiger partial charge in [0.05, 0.1) is 18.0 Å². The third-order valence-corrected chi connectivity index (χ3v) is 8.96. The van der Waals surface area contributed by atoms with Crippen LogP contribution in [0.4, 0.5) is 5.69 Å². The second-order valence-corrected chi connectivity index (χ2v) is 11.5. The molecule has 1 N–H and O–H groups in total. The fourth-order valence-electron chi connectivity index (χ4n) is 4.96. The third kappa shape index (κ3) is 6.16. The summed E-state index contributed by atoms with van der Waals surface area (Å²) in [6.45, 7) is 5.31. The fourth-order valence-corrected chi connectivity index (χ4v) is 6.53. The Balaban J connectivity index is 1.36. The lowest BCUT2D eigenvalue weighted by Gasteiger charge is -2.29. The molecule has 190 valence electrons. The van der Waals surface area contributed by atoms with Crippen LogP contribution in [0.2, 0.25) is 0 Å². The summed E-state index contributed by atoms with van der Waals surface area (Å²) in [5.41, 5.74) is 3.03. The lowest BCUT2D eigenvalue weighted by atomic mass is 10.0. The minimum Gasteiger partial charge on any atom is -0.496 e. The number of piperidine rings is 1. The van der Waals surface area contributed by atoms with E-state index < -0.39 is 10.0 Å². The standard InChI is InChI=1S/C27H37N3O4S/c1-21(22-8-11-24(12-9-22)29-16-4-3-5-17-29)28-27(31)15-10-23-20-25(13-14-26(23)34-2)35(32,33)30-18-6-7-19-30/h8-9,11-14,20-21H,3-7,10,15-19H2,1-2H3,(H,28,31). The summed E-state index contributed by atoms with van der Waals surface area (Å²) in [5, 5.41) is 3.07. The van der Waals surface area contributed by atoms with E-state index in [0.717, 1.165) is 37.1 Å². The molecule has 1 unspecified atom stereocenters. The summed E-state index contributed by atoms with van der Waals surface area (Å²) in [6, 6.07) is 13.3. The minimum atomic E-state index is -3.52. The van der Waals surface area contributed by atoms with Crippen molar-refractivity contribution in [3.05, 3.63) is 53.6 Å². The van der Waals surface area contributed by atoms with Crippen molar-refractivity contribution in [3.8, 4) is 5.75 Å². The number of amides is 1. The number of benzene rings is 2. The SMILES string of the molecule is COc1ccc(S(=O)(=O)N2CCCC2)cc1CCC(=O)NC(C)c1ccc(N2CCCCC2)cc1. The van der Waals surface area contributed by atoms with E-state index >= 15 is 0 Å². The number of hydrogen-bond acceptors (Lipinski definition) is 5. The number of carbonyl (C=O) groups excluding carboxylic acids is 1. The van der Waals surface area contributed by atoms with Gasteiger partial charge in [0.25, 0.3) is 0 Å². The number of sulfonamides is 1. The molecule has 2 aliphatic rings. The molecule has 2 fully saturated rings. The maximum atomic E-state index is 13.0. The highest BCUT2D eigenvalue weighted by molar-refractivity contribution is 7.89. The second-order valence-electron chi connectivity index (χ2n) is 9.51. The normalized spacial score (nSPS) is 17.8. The number of carbonyl (C=O) groups is 1. The predicted octanol–water partition coefficient (Wildman–Crippen LogP) is 4.28. The van der Waals surface area contributed by atoms with E-state index in [2.05, 4.69) is 34.5 Å². The van der Waals surface area contributed by atoms with Crippen LogP contribution in [-0.4, -0.2) is 51.9 Å². The fraction of sp³-hybridized carbons (Fsp3) is 0.519. The Bertz CT molecular complexity index is 1110. The van der Waals surface area contributed by atoms with Gasteiger partial charge in [0.1, 0.15) is 5.75 Å². The van der Waals surface area contributed by atoms with E-state index in [0.29, 0.717) is 25.3 Å². The van der Waals surface area contributed by atoms with E-state index in [-0.39, 0.29) is 23.3 Å². The first kappa shape index (κ1) is 25.5. The van der Waals surface area contributed by atoms with Gasteiger partial charge in [0, 0.05) is 38.3 Å². The molecule has 2 heterocycles. The molecule has 0 saturated carbocycles. The number of ether oxygens (including phenoxy) is 1. The summed E-state index contributed by atoms with van der Waals surface area (Å²) in [7, 11) is -1.96. The van der Waals surface area contributed by atoms with Crippen molar-refractivity contribution < 1.29 is 17.9 Å². The van der Waals surface area contributed by atoms with E-state index in [4.69, 9.17) is 4.74 Å². The van der Waals surface area contributed by atoms with Crippen molar-refractivity contribution in [1.82, 2.24) is 9.62 Å². The predicted molar refractivity (Wildman–Crippen MR) is 138 cm³/mol. The van der Waals surface area contributed by atoms with Crippen LogP contribution < -0.4 is 15.0 Å². The van der Waals surface area contributed by atoms with E-state index in [1.807, 2.05) is 6.92 Å². The van der Waals surface area contributed by atoms with Gasteiger partial charge in [0.15, 0.2) is 0 Å². The Labute approximate surface area is 209 Å². The molecule has 0 bridgehead atoms. The van der Waals surface area contributed by atoms with Gasteiger partial charge in [-0.05, 0) is 86.9 Å². The first-order valence-corrected chi connectivity index (χ1v) is 14.1. The van der Waals surface area contributed by atoms with Crippen LogP contribution in [0.15, 0.2) is 47.4 Å². The number of aryl methyl sites for hydroxylation is 1. The van der Waals surface area contributed by atoms with Gasteiger partial charge in [-0.3, -0.25) is 4.79 Å². The lowest BCUT2D eigenvalue weighted by Crippen LogP contribution is -2.29. The van der Waals surface area contributed by atoms with Crippen LogP contribution >= 0.6 is 0 Å². The molecular formula is C27H37N3O4S. The zero-order valence-electron chi connectivity index (χ0n) is 20.8. The number of rotatable bonds is 9. The second kappa shape index (κ2) is 11.4. The summed E-state index contributed by atoms with van der Waals surface area (Å²) < 4.78 is 32.9. The molecule has 4 rings (SSSR count). The van der Waals surface area contributed by atoms with E-state index in [1.165, 1.54) is 29.3 Å². The van der Waals surface area contributed by atoms with Gasteiger partial charge >= 0.3 is 0 Å².